The van der Waals surface area contributed by atoms with Gasteiger partial charge >= 0.3 is 0 Å². The van der Waals surface area contributed by atoms with Crippen LogP contribution in [-0.2, 0) is 9.53 Å². The highest BCUT2D eigenvalue weighted by molar-refractivity contribution is 5.97. The molecule has 0 bridgehead atoms. The second-order valence-electron chi connectivity index (χ2n) is 5.43. The van der Waals surface area contributed by atoms with Crippen molar-refractivity contribution in [2.24, 2.45) is 0 Å². The summed E-state index contributed by atoms with van der Waals surface area (Å²) < 4.78 is 5.36. The van der Waals surface area contributed by atoms with Crippen molar-refractivity contribution >= 4 is 17.3 Å². The topological polar surface area (TPSA) is 53.0 Å². The molecule has 0 spiro atoms. The molecule has 1 aromatic rings. The first kappa shape index (κ1) is 13.4. The van der Waals surface area contributed by atoms with Gasteiger partial charge in [0.1, 0.15) is 0 Å². The van der Waals surface area contributed by atoms with Crippen molar-refractivity contribution in [2.75, 3.05) is 42.6 Å². The second-order valence-corrected chi connectivity index (χ2v) is 5.43. The minimum atomic E-state index is -0.541. The second kappa shape index (κ2) is 5.42. The van der Waals surface area contributed by atoms with Gasteiger partial charge in [-0.05, 0) is 30.7 Å². The molecule has 1 aromatic carbocycles. The smallest absolute Gasteiger partial charge is 0.229 e. The van der Waals surface area contributed by atoms with E-state index in [1.165, 1.54) is 5.69 Å². The quantitative estimate of drug-likeness (QED) is 0.873. The molecule has 1 amide bonds. The maximum Gasteiger partial charge on any atom is 0.229 e. The van der Waals surface area contributed by atoms with Gasteiger partial charge in [-0.3, -0.25) is 4.79 Å². The number of anilines is 2. The van der Waals surface area contributed by atoms with Crippen LogP contribution < -0.4 is 9.80 Å². The fourth-order valence-corrected chi connectivity index (χ4v) is 2.88. The zero-order valence-corrected chi connectivity index (χ0v) is 11.7. The number of aliphatic hydroxyl groups excluding tert-OH is 1. The summed E-state index contributed by atoms with van der Waals surface area (Å²) in [6, 6.07) is 6.14. The average molecular weight is 276 g/mol. The highest BCUT2D eigenvalue weighted by Crippen LogP contribution is 2.29. The Labute approximate surface area is 118 Å². The fraction of sp³-hybridized carbons (Fsp3) is 0.533. The van der Waals surface area contributed by atoms with E-state index in [4.69, 9.17) is 4.74 Å². The molecule has 5 nitrogen and oxygen atoms in total. The van der Waals surface area contributed by atoms with Gasteiger partial charge in [-0.15, -0.1) is 0 Å². The van der Waals surface area contributed by atoms with Crippen LogP contribution in [0.3, 0.4) is 0 Å². The van der Waals surface area contributed by atoms with Crippen molar-refractivity contribution in [3.63, 3.8) is 0 Å². The zero-order chi connectivity index (χ0) is 14.1. The maximum absolute atomic E-state index is 11.9. The van der Waals surface area contributed by atoms with Gasteiger partial charge in [0, 0.05) is 24.5 Å². The molecule has 0 radical (unpaired) electrons. The Bertz CT molecular complexity index is 512. The van der Waals surface area contributed by atoms with E-state index in [-0.39, 0.29) is 12.3 Å². The largest absolute Gasteiger partial charge is 0.391 e. The number of aliphatic hydroxyl groups is 1. The molecule has 2 aliphatic rings. The lowest BCUT2D eigenvalue weighted by Crippen LogP contribution is -2.36. The average Bonchev–Trinajstić information content (AvgIpc) is 2.78. The van der Waals surface area contributed by atoms with Crippen LogP contribution in [0.4, 0.5) is 11.4 Å². The summed E-state index contributed by atoms with van der Waals surface area (Å²) in [7, 11) is 0. The van der Waals surface area contributed by atoms with Crippen LogP contribution in [0.15, 0.2) is 18.2 Å². The van der Waals surface area contributed by atoms with Gasteiger partial charge in [0.15, 0.2) is 0 Å². The number of nitrogens with zero attached hydrogens (tertiary/aromatic N) is 2. The third-order valence-electron chi connectivity index (χ3n) is 3.95. The van der Waals surface area contributed by atoms with Crippen molar-refractivity contribution in [3.8, 4) is 0 Å². The van der Waals surface area contributed by atoms with E-state index in [1.54, 1.807) is 4.90 Å². The molecule has 0 aliphatic carbocycles. The number of hydrogen-bond donors (Lipinski definition) is 1. The number of β-amino-alcohol motifs (C(OH)–C–C–N with tert-alkyl or cyclic N) is 1. The van der Waals surface area contributed by atoms with E-state index in [2.05, 4.69) is 11.0 Å². The van der Waals surface area contributed by atoms with Crippen molar-refractivity contribution in [2.45, 2.75) is 19.4 Å². The molecule has 2 saturated heterocycles. The Hall–Kier alpha value is -1.59. The maximum atomic E-state index is 11.9. The molecule has 2 aliphatic heterocycles. The Morgan fingerprint density at radius 2 is 2.05 bits per heavy atom. The number of rotatable bonds is 2. The molecule has 0 aromatic heterocycles. The highest BCUT2D eigenvalue weighted by Gasteiger charge is 2.30. The lowest BCUT2D eigenvalue weighted by atomic mass is 10.1. The van der Waals surface area contributed by atoms with Gasteiger partial charge in [0.25, 0.3) is 0 Å². The van der Waals surface area contributed by atoms with Crippen molar-refractivity contribution in [1.82, 2.24) is 0 Å². The van der Waals surface area contributed by atoms with Crippen LogP contribution in [0.2, 0.25) is 0 Å². The highest BCUT2D eigenvalue weighted by atomic mass is 16.5. The number of ether oxygens (including phenoxy) is 1. The number of carbonyl (C=O) groups excluding carboxylic acids is 1. The molecular weight excluding hydrogens is 256 g/mol. The van der Waals surface area contributed by atoms with Gasteiger partial charge < -0.3 is 19.6 Å². The number of amides is 1. The van der Waals surface area contributed by atoms with E-state index in [9.17, 15) is 9.90 Å². The number of benzene rings is 1. The first-order chi connectivity index (χ1) is 9.65. The SMILES string of the molecule is Cc1cc(N2CCOCC2)ccc1N1CC(O)CC1=O. The third-order valence-corrected chi connectivity index (χ3v) is 3.95. The minimum absolute atomic E-state index is 0.000257. The van der Waals surface area contributed by atoms with Gasteiger partial charge in [0.05, 0.1) is 32.3 Å². The van der Waals surface area contributed by atoms with Crippen molar-refractivity contribution in [3.05, 3.63) is 23.8 Å². The standard InChI is InChI=1S/C15H20N2O3/c1-11-8-12(16-4-6-20-7-5-16)2-3-14(11)17-10-13(18)9-15(17)19/h2-3,8,13,18H,4-7,9-10H2,1H3. The molecule has 108 valence electrons. The minimum Gasteiger partial charge on any atom is -0.391 e. The first-order valence-corrected chi connectivity index (χ1v) is 7.07. The van der Waals surface area contributed by atoms with Crippen LogP contribution in [0, 0.1) is 6.92 Å². The lowest BCUT2D eigenvalue weighted by Gasteiger charge is -2.30. The molecular formula is C15H20N2O3. The number of carbonyl (C=O) groups is 1. The van der Waals surface area contributed by atoms with Gasteiger partial charge in [0.2, 0.25) is 5.91 Å². The summed E-state index contributed by atoms with van der Waals surface area (Å²) >= 11 is 0. The van der Waals surface area contributed by atoms with E-state index in [0.29, 0.717) is 6.54 Å². The molecule has 5 heteroatoms. The molecule has 1 N–H and O–H groups in total. The molecule has 1 atom stereocenters. The molecule has 20 heavy (non-hydrogen) atoms. The summed E-state index contributed by atoms with van der Waals surface area (Å²) in [6.45, 7) is 5.74. The van der Waals surface area contributed by atoms with E-state index >= 15 is 0 Å². The van der Waals surface area contributed by atoms with Crippen LogP contribution in [0.5, 0.6) is 0 Å². The zero-order valence-electron chi connectivity index (χ0n) is 11.7. The first-order valence-electron chi connectivity index (χ1n) is 7.07. The Kier molecular flexibility index (Phi) is 3.63. The normalized spacial score (nSPS) is 23.5. The third kappa shape index (κ3) is 2.51. The Morgan fingerprint density at radius 3 is 2.65 bits per heavy atom. The molecule has 3 rings (SSSR count). The monoisotopic (exact) mass is 276 g/mol. The van der Waals surface area contributed by atoms with Crippen LogP contribution in [0.25, 0.3) is 0 Å². The van der Waals surface area contributed by atoms with E-state index in [0.717, 1.165) is 37.6 Å². The predicted octanol–water partition coefficient (Wildman–Crippen LogP) is 0.929. The van der Waals surface area contributed by atoms with Crippen molar-refractivity contribution in [1.29, 1.82) is 0 Å². The van der Waals surface area contributed by atoms with Crippen LogP contribution in [0.1, 0.15) is 12.0 Å². The Morgan fingerprint density at radius 1 is 1.30 bits per heavy atom. The van der Waals surface area contributed by atoms with Crippen LogP contribution >= 0.6 is 0 Å². The van der Waals surface area contributed by atoms with Crippen molar-refractivity contribution < 1.29 is 14.6 Å². The molecule has 0 saturated carbocycles. The number of hydrogen-bond acceptors (Lipinski definition) is 4. The fourth-order valence-electron chi connectivity index (χ4n) is 2.88. The lowest BCUT2D eigenvalue weighted by molar-refractivity contribution is -0.117. The van der Waals surface area contributed by atoms with E-state index in [1.807, 2.05) is 19.1 Å². The summed E-state index contributed by atoms with van der Waals surface area (Å²) in [6.07, 6.45) is -0.314. The molecule has 2 fully saturated rings. The summed E-state index contributed by atoms with van der Waals surface area (Å²) in [4.78, 5) is 15.8. The summed E-state index contributed by atoms with van der Waals surface area (Å²) in [5, 5.41) is 9.60. The summed E-state index contributed by atoms with van der Waals surface area (Å²) in [5.74, 6) is -0.000257. The molecule has 1 unspecified atom stereocenters. The predicted molar refractivity (Wildman–Crippen MR) is 77.2 cm³/mol. The number of aryl methyl sites for hydroxylation is 1. The van der Waals surface area contributed by atoms with E-state index < -0.39 is 6.10 Å². The van der Waals surface area contributed by atoms with Crippen LogP contribution in [-0.4, -0.2) is 50.0 Å². The Balaban J connectivity index is 1.82. The van der Waals surface area contributed by atoms with Gasteiger partial charge in [-0.1, -0.05) is 0 Å². The van der Waals surface area contributed by atoms with Gasteiger partial charge in [-0.2, -0.15) is 0 Å². The van der Waals surface area contributed by atoms with Gasteiger partial charge in [-0.25, -0.2) is 0 Å². The summed E-state index contributed by atoms with van der Waals surface area (Å²) in [5.41, 5.74) is 3.14. The number of morpholine rings is 1. The molecule has 2 heterocycles.